The van der Waals surface area contributed by atoms with Crippen molar-refractivity contribution in [1.29, 1.82) is 0 Å². The van der Waals surface area contributed by atoms with Crippen LogP contribution < -0.4 is 0 Å². The maximum Gasteiger partial charge on any atom is 0.266 e. The lowest BCUT2D eigenvalue weighted by atomic mass is 9.48. The van der Waals surface area contributed by atoms with Gasteiger partial charge in [0.2, 0.25) is 0 Å². The molecule has 0 unspecified atom stereocenters. The number of ether oxygens (including phenoxy) is 1. The highest BCUT2D eigenvalue weighted by Gasteiger charge is 2.53. The summed E-state index contributed by atoms with van der Waals surface area (Å²) in [6.45, 7) is 1.22. The average Bonchev–Trinajstić information content (AvgIpc) is 3.36. The van der Waals surface area contributed by atoms with E-state index >= 15 is 0 Å². The minimum Gasteiger partial charge on any atom is -0.385 e. The maximum absolute atomic E-state index is 13.2. The van der Waals surface area contributed by atoms with Crippen LogP contribution >= 0.6 is 24.0 Å². The summed E-state index contributed by atoms with van der Waals surface area (Å²) in [5.74, 6) is 2.51. The van der Waals surface area contributed by atoms with E-state index in [1.807, 2.05) is 22.9 Å². The Morgan fingerprint density at radius 3 is 2.47 bits per heavy atom. The molecule has 5 aliphatic rings. The molecule has 1 aromatic heterocycles. The number of para-hydroxylation sites is 1. The van der Waals surface area contributed by atoms with Gasteiger partial charge in [-0.2, -0.15) is 5.10 Å². The fourth-order valence-electron chi connectivity index (χ4n) is 7.22. The molecule has 5 nitrogen and oxygen atoms in total. The number of aromatic nitrogens is 2. The van der Waals surface area contributed by atoms with Crippen molar-refractivity contribution in [1.82, 2.24) is 14.7 Å². The zero-order valence-corrected chi connectivity index (χ0v) is 21.2. The van der Waals surface area contributed by atoms with Gasteiger partial charge in [0, 0.05) is 37.4 Å². The Kier molecular flexibility index (Phi) is 5.90. The van der Waals surface area contributed by atoms with Crippen molar-refractivity contribution in [3.8, 4) is 5.69 Å². The molecule has 0 radical (unpaired) electrons. The molecule has 0 atom stereocenters. The predicted molar refractivity (Wildman–Crippen MR) is 140 cm³/mol. The van der Waals surface area contributed by atoms with Crippen molar-refractivity contribution < 1.29 is 9.53 Å². The van der Waals surface area contributed by atoms with Crippen LogP contribution in [0.2, 0.25) is 0 Å². The molecule has 7 heteroatoms. The Bertz CT molecular complexity index is 1100. The third-order valence-electron chi connectivity index (χ3n) is 8.19. The molecule has 0 N–H and O–H groups in total. The summed E-state index contributed by atoms with van der Waals surface area (Å²) in [7, 11) is 1.68. The van der Waals surface area contributed by atoms with Crippen LogP contribution in [0.4, 0.5) is 0 Å². The minimum atomic E-state index is 0.00928. The van der Waals surface area contributed by atoms with Crippen LogP contribution in [0.15, 0.2) is 41.4 Å². The first-order valence-corrected chi connectivity index (χ1v) is 13.7. The second-order valence-corrected chi connectivity index (χ2v) is 12.3. The molecular weight excluding hydrogens is 462 g/mol. The van der Waals surface area contributed by atoms with Crippen LogP contribution in [0, 0.1) is 17.8 Å². The molecule has 1 aliphatic heterocycles. The van der Waals surface area contributed by atoms with Gasteiger partial charge in [-0.25, -0.2) is 4.68 Å². The summed E-state index contributed by atoms with van der Waals surface area (Å²) >= 11 is 6.97. The summed E-state index contributed by atoms with van der Waals surface area (Å²) in [5, 5.41) is 5.22. The minimum absolute atomic E-state index is 0.00928. The van der Waals surface area contributed by atoms with Gasteiger partial charge in [0.25, 0.3) is 5.91 Å². The number of hydrogen-bond donors (Lipinski definition) is 0. The highest BCUT2D eigenvalue weighted by atomic mass is 32.2. The fourth-order valence-corrected chi connectivity index (χ4v) is 8.52. The summed E-state index contributed by atoms with van der Waals surface area (Å²) in [6.07, 6.45) is 12.9. The van der Waals surface area contributed by atoms with Crippen LogP contribution in [-0.4, -0.2) is 45.2 Å². The van der Waals surface area contributed by atoms with E-state index in [4.69, 9.17) is 22.1 Å². The van der Waals surface area contributed by atoms with Gasteiger partial charge in [-0.05, 0) is 80.9 Å². The smallest absolute Gasteiger partial charge is 0.266 e. The first-order chi connectivity index (χ1) is 16.5. The number of amides is 1. The Morgan fingerprint density at radius 1 is 1.15 bits per heavy atom. The lowest BCUT2D eigenvalue weighted by molar-refractivity contribution is -0.122. The van der Waals surface area contributed by atoms with Crippen molar-refractivity contribution in [3.05, 3.63) is 52.7 Å². The van der Waals surface area contributed by atoms with E-state index in [-0.39, 0.29) is 11.3 Å². The second-order valence-electron chi connectivity index (χ2n) is 10.6. The largest absolute Gasteiger partial charge is 0.385 e. The topological polar surface area (TPSA) is 47.4 Å². The van der Waals surface area contributed by atoms with Crippen molar-refractivity contribution in [2.24, 2.45) is 17.8 Å². The zero-order valence-electron chi connectivity index (χ0n) is 19.6. The summed E-state index contributed by atoms with van der Waals surface area (Å²) in [5.41, 5.74) is 3.48. The zero-order chi connectivity index (χ0) is 23.3. The van der Waals surface area contributed by atoms with E-state index in [0.29, 0.717) is 22.4 Å². The number of thioether (sulfide) groups is 1. The molecule has 1 amide bonds. The van der Waals surface area contributed by atoms with Crippen LogP contribution in [0.3, 0.4) is 0 Å². The molecule has 1 aromatic carbocycles. The number of carbonyl (C=O) groups is 1. The molecular formula is C27H31N3O2S2. The van der Waals surface area contributed by atoms with Crippen LogP contribution in [0.1, 0.15) is 56.2 Å². The standard InChI is InChI=1S/C27H31N3O2S2/c1-32-9-5-8-29-25(31)23(34-26(29)33)13-21-17-30(22-6-3-2-4-7-22)28-24(21)27-14-18-10-19(15-27)12-20(11-18)16-27/h2-4,6-7,13,17-20H,5,8-12,14-16H2,1H3. The molecule has 2 aromatic rings. The summed E-state index contributed by atoms with van der Waals surface area (Å²) < 4.78 is 7.81. The monoisotopic (exact) mass is 493 g/mol. The maximum atomic E-state index is 13.2. The number of thiocarbonyl (C=S) groups is 1. The number of carbonyl (C=O) groups excluding carboxylic acids is 1. The summed E-state index contributed by atoms with van der Waals surface area (Å²) in [4.78, 5) is 15.7. The van der Waals surface area contributed by atoms with E-state index in [0.717, 1.165) is 35.4 Å². The Labute approximate surface area is 210 Å². The van der Waals surface area contributed by atoms with E-state index in [2.05, 4.69) is 24.4 Å². The normalized spacial score (nSPS) is 31.3. The van der Waals surface area contributed by atoms with Gasteiger partial charge in [0.15, 0.2) is 0 Å². The number of nitrogens with zero attached hydrogens (tertiary/aromatic N) is 3. The van der Waals surface area contributed by atoms with Gasteiger partial charge in [-0.3, -0.25) is 9.69 Å². The van der Waals surface area contributed by atoms with E-state index in [1.165, 1.54) is 56.0 Å². The molecule has 4 aliphatic carbocycles. The molecule has 5 fully saturated rings. The lowest BCUT2D eigenvalue weighted by Gasteiger charge is -2.56. The van der Waals surface area contributed by atoms with Gasteiger partial charge in [0.05, 0.1) is 16.3 Å². The summed E-state index contributed by atoms with van der Waals surface area (Å²) in [6, 6.07) is 10.3. The Hall–Kier alpha value is -1.96. The molecule has 4 bridgehead atoms. The molecule has 178 valence electrons. The van der Waals surface area contributed by atoms with Gasteiger partial charge in [-0.1, -0.05) is 42.2 Å². The SMILES string of the molecule is COCCCN1C(=O)C(=Cc2cn(-c3ccccc3)nc2C23CC4CC(CC(C4)C2)C3)SC1=S. The van der Waals surface area contributed by atoms with Crippen LogP contribution in [-0.2, 0) is 14.9 Å². The van der Waals surface area contributed by atoms with Crippen molar-refractivity contribution >= 4 is 40.3 Å². The number of methoxy groups -OCH3 is 1. The van der Waals surface area contributed by atoms with Crippen LogP contribution in [0.5, 0.6) is 0 Å². The van der Waals surface area contributed by atoms with Crippen LogP contribution in [0.25, 0.3) is 11.8 Å². The van der Waals surface area contributed by atoms with Gasteiger partial charge < -0.3 is 4.74 Å². The molecule has 34 heavy (non-hydrogen) atoms. The molecule has 0 spiro atoms. The lowest BCUT2D eigenvalue weighted by Crippen LogP contribution is -2.49. The molecule has 4 saturated carbocycles. The third-order valence-corrected chi connectivity index (χ3v) is 9.57. The highest BCUT2D eigenvalue weighted by molar-refractivity contribution is 8.26. The second kappa shape index (κ2) is 8.92. The molecule has 2 heterocycles. The van der Waals surface area contributed by atoms with E-state index in [9.17, 15) is 4.79 Å². The quantitative estimate of drug-likeness (QED) is 0.286. The fraction of sp³-hybridized carbons (Fsp3) is 0.519. The van der Waals surface area contributed by atoms with E-state index < -0.39 is 0 Å². The number of benzene rings is 1. The van der Waals surface area contributed by atoms with Crippen molar-refractivity contribution in [2.45, 2.75) is 50.4 Å². The Morgan fingerprint density at radius 2 is 1.82 bits per heavy atom. The first-order valence-electron chi connectivity index (χ1n) is 12.4. The van der Waals surface area contributed by atoms with Gasteiger partial charge in [-0.15, -0.1) is 0 Å². The third kappa shape index (κ3) is 3.95. The van der Waals surface area contributed by atoms with Crippen molar-refractivity contribution in [2.75, 3.05) is 20.3 Å². The average molecular weight is 494 g/mol. The molecule has 1 saturated heterocycles. The van der Waals surface area contributed by atoms with Gasteiger partial charge in [0.1, 0.15) is 4.32 Å². The molecule has 7 rings (SSSR count). The first kappa shape index (κ1) is 22.5. The Balaban J connectivity index is 1.38. The predicted octanol–water partition coefficient (Wildman–Crippen LogP) is 5.58. The van der Waals surface area contributed by atoms with Gasteiger partial charge >= 0.3 is 0 Å². The van der Waals surface area contributed by atoms with Crippen molar-refractivity contribution in [3.63, 3.8) is 0 Å². The number of hydrogen-bond acceptors (Lipinski definition) is 5. The highest BCUT2D eigenvalue weighted by Crippen LogP contribution is 2.61. The number of rotatable bonds is 7. The van der Waals surface area contributed by atoms with E-state index in [1.54, 1.807) is 12.0 Å².